The second-order valence-electron chi connectivity index (χ2n) is 5.77. The van der Waals surface area contributed by atoms with Gasteiger partial charge in [-0.2, -0.15) is 0 Å². The van der Waals surface area contributed by atoms with Crippen LogP contribution in [0.4, 0.5) is 10.5 Å². The predicted octanol–water partition coefficient (Wildman–Crippen LogP) is 4.22. The molecule has 1 aliphatic rings. The lowest BCUT2D eigenvalue weighted by atomic mass is 10.1. The van der Waals surface area contributed by atoms with Crippen LogP contribution in [0.3, 0.4) is 0 Å². The maximum atomic E-state index is 12.3. The molecule has 2 heterocycles. The number of carbonyl (C=O) groups is 1. The number of urea groups is 1. The summed E-state index contributed by atoms with van der Waals surface area (Å²) in [6.45, 7) is 1.61. The third kappa shape index (κ3) is 2.38. The fraction of sp³-hybridized carbons (Fsp3) is 0.278. The number of methoxy groups -OCH3 is 1. The molecule has 1 saturated heterocycles. The number of anilines is 1. The average molecular weight is 310 g/mol. The first kappa shape index (κ1) is 13.9. The summed E-state index contributed by atoms with van der Waals surface area (Å²) in [6, 6.07) is 11.5. The monoisotopic (exact) mass is 310 g/mol. The average Bonchev–Trinajstić information content (AvgIpc) is 3.21. The van der Waals surface area contributed by atoms with E-state index in [4.69, 9.17) is 9.15 Å². The van der Waals surface area contributed by atoms with Gasteiger partial charge in [0.25, 0.3) is 0 Å². The van der Waals surface area contributed by atoms with E-state index in [1.54, 1.807) is 7.11 Å². The molecular weight excluding hydrogens is 292 g/mol. The Kier molecular flexibility index (Phi) is 3.33. The molecule has 1 N–H and O–H groups in total. The summed E-state index contributed by atoms with van der Waals surface area (Å²) in [4.78, 5) is 14.1. The maximum absolute atomic E-state index is 12.3. The summed E-state index contributed by atoms with van der Waals surface area (Å²) in [5.41, 5.74) is 2.20. The fourth-order valence-electron chi connectivity index (χ4n) is 3.13. The molecule has 5 heteroatoms. The smallest absolute Gasteiger partial charge is 0.321 e. The first-order chi connectivity index (χ1) is 11.3. The lowest BCUT2D eigenvalue weighted by molar-refractivity contribution is 0.222. The molecule has 0 aliphatic carbocycles. The highest BCUT2D eigenvalue weighted by Crippen LogP contribution is 2.36. The first-order valence-corrected chi connectivity index (χ1v) is 7.81. The normalized spacial score (nSPS) is 14.6. The topological polar surface area (TPSA) is 54.7 Å². The van der Waals surface area contributed by atoms with E-state index in [1.807, 2.05) is 41.3 Å². The van der Waals surface area contributed by atoms with Crippen LogP contribution in [0, 0.1) is 0 Å². The van der Waals surface area contributed by atoms with Gasteiger partial charge >= 0.3 is 6.03 Å². The van der Waals surface area contributed by atoms with E-state index in [0.717, 1.165) is 47.9 Å². The van der Waals surface area contributed by atoms with Crippen molar-refractivity contribution < 1.29 is 13.9 Å². The Labute approximate surface area is 133 Å². The minimum Gasteiger partial charge on any atom is -0.495 e. The van der Waals surface area contributed by atoms with E-state index in [-0.39, 0.29) is 6.03 Å². The number of likely N-dealkylation sites (tertiary alicyclic amines) is 1. The lowest BCUT2D eigenvalue weighted by Gasteiger charge is -2.17. The molecule has 1 aromatic heterocycles. The Hall–Kier alpha value is -2.69. The van der Waals surface area contributed by atoms with Crippen LogP contribution in [-0.4, -0.2) is 31.1 Å². The number of benzene rings is 2. The summed E-state index contributed by atoms with van der Waals surface area (Å²) >= 11 is 0. The van der Waals surface area contributed by atoms with E-state index in [0.29, 0.717) is 11.4 Å². The number of ether oxygens (including phenoxy) is 1. The van der Waals surface area contributed by atoms with Gasteiger partial charge < -0.3 is 19.4 Å². The van der Waals surface area contributed by atoms with Crippen LogP contribution >= 0.6 is 0 Å². The molecule has 0 radical (unpaired) electrons. The van der Waals surface area contributed by atoms with Crippen LogP contribution in [0.2, 0.25) is 0 Å². The van der Waals surface area contributed by atoms with E-state index in [9.17, 15) is 4.79 Å². The molecule has 23 heavy (non-hydrogen) atoms. The number of amides is 2. The number of fused-ring (bicyclic) bond motifs is 3. The Morgan fingerprint density at radius 1 is 1.13 bits per heavy atom. The molecule has 1 fully saturated rings. The predicted molar refractivity (Wildman–Crippen MR) is 90.1 cm³/mol. The van der Waals surface area contributed by atoms with Crippen LogP contribution in [-0.2, 0) is 0 Å². The molecule has 1 aliphatic heterocycles. The molecule has 0 saturated carbocycles. The third-order valence-corrected chi connectivity index (χ3v) is 4.33. The van der Waals surface area contributed by atoms with Crippen molar-refractivity contribution >= 4 is 33.7 Å². The second kappa shape index (κ2) is 5.50. The molecule has 2 aromatic carbocycles. The van der Waals surface area contributed by atoms with Crippen molar-refractivity contribution in [3.63, 3.8) is 0 Å². The van der Waals surface area contributed by atoms with Crippen molar-refractivity contribution in [2.24, 2.45) is 0 Å². The molecule has 2 amide bonds. The molecule has 5 nitrogen and oxygen atoms in total. The molecule has 3 aromatic rings. The maximum Gasteiger partial charge on any atom is 0.321 e. The van der Waals surface area contributed by atoms with Gasteiger partial charge in [0.05, 0.1) is 12.8 Å². The van der Waals surface area contributed by atoms with Crippen molar-refractivity contribution in [2.45, 2.75) is 12.8 Å². The Morgan fingerprint density at radius 3 is 2.70 bits per heavy atom. The largest absolute Gasteiger partial charge is 0.495 e. The van der Waals surface area contributed by atoms with Gasteiger partial charge in [-0.15, -0.1) is 0 Å². The van der Waals surface area contributed by atoms with E-state index >= 15 is 0 Å². The van der Waals surface area contributed by atoms with Gasteiger partial charge in [-0.3, -0.25) is 0 Å². The minimum atomic E-state index is -0.0868. The zero-order valence-electron chi connectivity index (χ0n) is 13.0. The van der Waals surface area contributed by atoms with Crippen LogP contribution < -0.4 is 10.1 Å². The van der Waals surface area contributed by atoms with E-state index in [2.05, 4.69) is 5.32 Å². The number of hydrogen-bond donors (Lipinski definition) is 1. The zero-order chi connectivity index (χ0) is 15.8. The van der Waals surface area contributed by atoms with Crippen molar-refractivity contribution in [1.29, 1.82) is 0 Å². The van der Waals surface area contributed by atoms with Gasteiger partial charge in [-0.05, 0) is 25.0 Å². The Bertz CT molecular complexity index is 878. The number of furan rings is 1. The number of carbonyl (C=O) groups excluding carboxylic acids is 1. The lowest BCUT2D eigenvalue weighted by Crippen LogP contribution is -2.32. The molecule has 0 bridgehead atoms. The number of hydrogen-bond acceptors (Lipinski definition) is 3. The van der Waals surface area contributed by atoms with Gasteiger partial charge in [-0.25, -0.2) is 4.79 Å². The van der Waals surface area contributed by atoms with Gasteiger partial charge in [0.2, 0.25) is 0 Å². The molecular formula is C18H18N2O3. The van der Waals surface area contributed by atoms with Crippen LogP contribution in [0.1, 0.15) is 12.8 Å². The molecule has 0 spiro atoms. The first-order valence-electron chi connectivity index (χ1n) is 7.81. The highest BCUT2D eigenvalue weighted by Gasteiger charge is 2.20. The molecule has 0 atom stereocenters. The highest BCUT2D eigenvalue weighted by atomic mass is 16.5. The summed E-state index contributed by atoms with van der Waals surface area (Å²) in [5, 5.41) is 4.96. The number of nitrogens with zero attached hydrogens (tertiary/aromatic N) is 1. The summed E-state index contributed by atoms with van der Waals surface area (Å²) in [6.07, 6.45) is 2.13. The molecule has 4 rings (SSSR count). The standard InChI is InChI=1S/C18H18N2O3/c1-22-17-10-13-12-6-2-3-7-15(12)23-16(13)11-14(17)19-18(21)20-8-4-5-9-20/h2-3,6-7,10-11H,4-5,8-9H2,1H3,(H,19,21). The van der Waals surface area contributed by atoms with E-state index < -0.39 is 0 Å². The minimum absolute atomic E-state index is 0.0868. The van der Waals surface area contributed by atoms with Gasteiger partial charge in [0.15, 0.2) is 0 Å². The van der Waals surface area contributed by atoms with E-state index in [1.165, 1.54) is 0 Å². The van der Waals surface area contributed by atoms with Crippen molar-refractivity contribution in [3.05, 3.63) is 36.4 Å². The van der Waals surface area contributed by atoms with Crippen molar-refractivity contribution in [3.8, 4) is 5.75 Å². The summed E-state index contributed by atoms with van der Waals surface area (Å²) < 4.78 is 11.3. The van der Waals surface area contributed by atoms with Crippen LogP contribution in [0.15, 0.2) is 40.8 Å². The third-order valence-electron chi connectivity index (χ3n) is 4.33. The van der Waals surface area contributed by atoms with Gasteiger partial charge in [0, 0.05) is 29.9 Å². The second-order valence-corrected chi connectivity index (χ2v) is 5.77. The Morgan fingerprint density at radius 2 is 1.91 bits per heavy atom. The van der Waals surface area contributed by atoms with Crippen LogP contribution in [0.5, 0.6) is 5.75 Å². The number of rotatable bonds is 2. The molecule has 118 valence electrons. The van der Waals surface area contributed by atoms with Gasteiger partial charge in [0.1, 0.15) is 16.9 Å². The fourth-order valence-corrected chi connectivity index (χ4v) is 3.13. The van der Waals surface area contributed by atoms with Crippen LogP contribution in [0.25, 0.3) is 21.9 Å². The quantitative estimate of drug-likeness (QED) is 0.771. The molecule has 0 unspecified atom stereocenters. The summed E-state index contributed by atoms with van der Waals surface area (Å²) in [5.74, 6) is 0.636. The number of nitrogens with one attached hydrogen (secondary N) is 1. The van der Waals surface area contributed by atoms with Crippen molar-refractivity contribution in [2.75, 3.05) is 25.5 Å². The van der Waals surface area contributed by atoms with Gasteiger partial charge in [-0.1, -0.05) is 18.2 Å². The summed E-state index contributed by atoms with van der Waals surface area (Å²) in [7, 11) is 1.61. The highest BCUT2D eigenvalue weighted by molar-refractivity contribution is 6.07. The van der Waals surface area contributed by atoms with Crippen molar-refractivity contribution in [1.82, 2.24) is 4.90 Å². The Balaban J connectivity index is 1.76. The number of para-hydroxylation sites is 1. The SMILES string of the molecule is COc1cc2c(cc1NC(=O)N1CCCC1)oc1ccccc12. The zero-order valence-corrected chi connectivity index (χ0v) is 13.0.